The van der Waals surface area contributed by atoms with E-state index < -0.39 is 5.97 Å². The summed E-state index contributed by atoms with van der Waals surface area (Å²) < 4.78 is 0. The van der Waals surface area contributed by atoms with E-state index in [1.165, 1.54) is 45.3 Å². The van der Waals surface area contributed by atoms with Crippen LogP contribution in [0.4, 0.5) is 0 Å². The average molecular weight is 307 g/mol. The third kappa shape index (κ3) is 4.50. The van der Waals surface area contributed by atoms with Gasteiger partial charge in [-0.15, -0.1) is 0 Å². The molecule has 2 saturated heterocycles. The fourth-order valence-corrected chi connectivity index (χ4v) is 3.36. The molecule has 0 spiro atoms. The number of carboxylic acids is 1. The van der Waals surface area contributed by atoms with Crippen LogP contribution in [0.25, 0.3) is 0 Å². The highest BCUT2D eigenvalue weighted by molar-refractivity contribution is 5.86. The summed E-state index contributed by atoms with van der Waals surface area (Å²) in [6.45, 7) is 9.78. The van der Waals surface area contributed by atoms with E-state index in [4.69, 9.17) is 0 Å². The third-order valence-corrected chi connectivity index (χ3v) is 4.74. The number of hydrogen-bond donors (Lipinski definition) is 1. The quantitative estimate of drug-likeness (QED) is 0.599. The molecule has 0 saturated carbocycles. The Kier molecular flexibility index (Phi) is 5.89. The summed E-state index contributed by atoms with van der Waals surface area (Å²) >= 11 is 0. The molecule has 0 bridgehead atoms. The summed E-state index contributed by atoms with van der Waals surface area (Å²) in [5.74, 6) is -0.131. The molecule has 1 N–H and O–H groups in total. The normalized spacial score (nSPS) is 21.2. The molecule has 2 aliphatic heterocycles. The topological polar surface area (TPSA) is 47.0 Å². The van der Waals surface area contributed by atoms with E-state index in [2.05, 4.69) is 16.4 Å². The predicted molar refractivity (Wildman–Crippen MR) is 88.5 cm³/mol. The van der Waals surface area contributed by atoms with Gasteiger partial charge in [-0.05, 0) is 50.8 Å². The largest absolute Gasteiger partial charge is 0.477 e. The molecule has 0 unspecified atom stereocenters. The predicted octanol–water partition coefficient (Wildman–Crippen LogP) is 1.84. The Morgan fingerprint density at radius 1 is 1.23 bits per heavy atom. The minimum Gasteiger partial charge on any atom is -0.477 e. The standard InChI is InChI=1S/C17H29N3O2/c1-14(12-16(17(21)22)18(2)3)20-10-6-15(7-11-20)13-19-8-4-5-9-19/h12,15H,1,4-11,13H2,2-3H3,(H,21,22)/b16-12-. The minimum atomic E-state index is -0.907. The van der Waals surface area contributed by atoms with E-state index in [0.717, 1.165) is 24.7 Å². The molecule has 2 rings (SSSR count). The Hall–Kier alpha value is -1.49. The summed E-state index contributed by atoms with van der Waals surface area (Å²) in [6.07, 6.45) is 6.73. The van der Waals surface area contributed by atoms with E-state index >= 15 is 0 Å². The van der Waals surface area contributed by atoms with Crippen LogP contribution >= 0.6 is 0 Å². The molecule has 2 heterocycles. The first-order valence-electron chi connectivity index (χ1n) is 8.26. The maximum absolute atomic E-state index is 11.2. The first-order chi connectivity index (χ1) is 10.5. The fraction of sp³-hybridized carbons (Fsp3) is 0.706. The molecule has 2 fully saturated rings. The van der Waals surface area contributed by atoms with Crippen molar-refractivity contribution in [2.24, 2.45) is 5.92 Å². The van der Waals surface area contributed by atoms with Crippen molar-refractivity contribution in [1.82, 2.24) is 14.7 Å². The van der Waals surface area contributed by atoms with Gasteiger partial charge in [-0.25, -0.2) is 4.79 Å². The Morgan fingerprint density at radius 3 is 2.32 bits per heavy atom. The van der Waals surface area contributed by atoms with Crippen LogP contribution in [0, 0.1) is 5.92 Å². The van der Waals surface area contributed by atoms with E-state index in [9.17, 15) is 9.90 Å². The molecule has 0 amide bonds. The minimum absolute atomic E-state index is 0.282. The van der Waals surface area contributed by atoms with Crippen LogP contribution in [0.5, 0.6) is 0 Å². The van der Waals surface area contributed by atoms with Crippen molar-refractivity contribution in [2.75, 3.05) is 46.8 Å². The Labute approximate surface area is 133 Å². The van der Waals surface area contributed by atoms with E-state index in [1.807, 2.05) is 0 Å². The lowest BCUT2D eigenvalue weighted by atomic mass is 9.96. The van der Waals surface area contributed by atoms with Gasteiger partial charge in [0, 0.05) is 39.4 Å². The molecule has 0 aliphatic carbocycles. The monoisotopic (exact) mass is 307 g/mol. The summed E-state index contributed by atoms with van der Waals surface area (Å²) in [5, 5.41) is 9.22. The number of rotatable bonds is 6. The van der Waals surface area contributed by atoms with Crippen molar-refractivity contribution < 1.29 is 9.90 Å². The molecular formula is C17H29N3O2. The molecule has 5 heteroatoms. The lowest BCUT2D eigenvalue weighted by Gasteiger charge is -2.35. The molecule has 5 nitrogen and oxygen atoms in total. The van der Waals surface area contributed by atoms with Crippen LogP contribution in [0.2, 0.25) is 0 Å². The zero-order valence-electron chi connectivity index (χ0n) is 13.9. The first kappa shape index (κ1) is 16.9. The summed E-state index contributed by atoms with van der Waals surface area (Å²) in [7, 11) is 3.49. The molecule has 0 atom stereocenters. The van der Waals surface area contributed by atoms with Gasteiger partial charge in [0.15, 0.2) is 0 Å². The van der Waals surface area contributed by atoms with E-state index in [0.29, 0.717) is 0 Å². The second-order valence-corrected chi connectivity index (χ2v) is 6.66. The van der Waals surface area contributed by atoms with Crippen LogP contribution in [-0.4, -0.2) is 72.6 Å². The number of hydrogen-bond acceptors (Lipinski definition) is 4. The van der Waals surface area contributed by atoms with Gasteiger partial charge in [-0.3, -0.25) is 0 Å². The molecule has 0 aromatic carbocycles. The lowest BCUT2D eigenvalue weighted by molar-refractivity contribution is -0.134. The number of carbonyl (C=O) groups is 1. The molecule has 124 valence electrons. The number of likely N-dealkylation sites (tertiary alicyclic amines) is 2. The first-order valence-corrected chi connectivity index (χ1v) is 8.26. The van der Waals surface area contributed by atoms with Gasteiger partial charge < -0.3 is 19.8 Å². The maximum atomic E-state index is 11.2. The van der Waals surface area contributed by atoms with Gasteiger partial charge in [-0.1, -0.05) is 6.58 Å². The van der Waals surface area contributed by atoms with Crippen molar-refractivity contribution in [3.63, 3.8) is 0 Å². The zero-order valence-corrected chi connectivity index (χ0v) is 13.9. The number of carboxylic acid groups (broad SMARTS) is 1. The summed E-state index contributed by atoms with van der Waals surface area (Å²) in [4.78, 5) is 17.7. The van der Waals surface area contributed by atoms with Gasteiger partial charge >= 0.3 is 5.97 Å². The highest BCUT2D eigenvalue weighted by atomic mass is 16.4. The van der Waals surface area contributed by atoms with Crippen LogP contribution < -0.4 is 0 Å². The number of allylic oxidation sites excluding steroid dienone is 1. The Bertz CT molecular complexity index is 431. The molecule has 2 aliphatic rings. The number of aliphatic carboxylic acids is 1. The van der Waals surface area contributed by atoms with Crippen molar-refractivity contribution >= 4 is 5.97 Å². The molecular weight excluding hydrogens is 278 g/mol. The van der Waals surface area contributed by atoms with E-state index in [-0.39, 0.29) is 5.70 Å². The van der Waals surface area contributed by atoms with Gasteiger partial charge in [0.05, 0.1) is 0 Å². The summed E-state index contributed by atoms with van der Waals surface area (Å²) in [6, 6.07) is 0. The lowest BCUT2D eigenvalue weighted by Crippen LogP contribution is -2.37. The zero-order chi connectivity index (χ0) is 16.1. The third-order valence-electron chi connectivity index (χ3n) is 4.74. The van der Waals surface area contributed by atoms with Gasteiger partial charge in [0.25, 0.3) is 0 Å². The second kappa shape index (κ2) is 7.68. The highest BCUT2D eigenvalue weighted by Crippen LogP contribution is 2.23. The van der Waals surface area contributed by atoms with E-state index in [1.54, 1.807) is 25.1 Å². The Balaban J connectivity index is 1.83. The van der Waals surface area contributed by atoms with Crippen LogP contribution in [-0.2, 0) is 4.79 Å². The Morgan fingerprint density at radius 2 is 1.82 bits per heavy atom. The van der Waals surface area contributed by atoms with Gasteiger partial charge in [-0.2, -0.15) is 0 Å². The molecule has 0 aromatic rings. The van der Waals surface area contributed by atoms with Gasteiger partial charge in [0.2, 0.25) is 0 Å². The van der Waals surface area contributed by atoms with Crippen LogP contribution in [0.1, 0.15) is 25.7 Å². The number of likely N-dealkylation sites (N-methyl/N-ethyl adjacent to an activating group) is 1. The SMILES string of the molecule is C=C(/C=C(/C(=O)O)N(C)C)N1CCC(CN2CCCC2)CC1. The van der Waals surface area contributed by atoms with Crippen LogP contribution in [0.15, 0.2) is 24.0 Å². The van der Waals surface area contributed by atoms with Crippen molar-refractivity contribution in [3.05, 3.63) is 24.0 Å². The second-order valence-electron chi connectivity index (χ2n) is 6.66. The average Bonchev–Trinajstić information content (AvgIpc) is 2.97. The number of piperidine rings is 1. The van der Waals surface area contributed by atoms with Crippen molar-refractivity contribution in [1.29, 1.82) is 0 Å². The van der Waals surface area contributed by atoms with Crippen LogP contribution in [0.3, 0.4) is 0 Å². The van der Waals surface area contributed by atoms with Crippen molar-refractivity contribution in [2.45, 2.75) is 25.7 Å². The van der Waals surface area contributed by atoms with Gasteiger partial charge in [0.1, 0.15) is 5.70 Å². The highest BCUT2D eigenvalue weighted by Gasteiger charge is 2.23. The maximum Gasteiger partial charge on any atom is 0.352 e. The molecule has 0 radical (unpaired) electrons. The smallest absolute Gasteiger partial charge is 0.352 e. The molecule has 22 heavy (non-hydrogen) atoms. The fourth-order valence-electron chi connectivity index (χ4n) is 3.36. The molecule has 0 aromatic heterocycles. The number of nitrogens with zero attached hydrogens (tertiary/aromatic N) is 3. The van der Waals surface area contributed by atoms with Crippen molar-refractivity contribution in [3.8, 4) is 0 Å². The summed E-state index contributed by atoms with van der Waals surface area (Å²) in [5.41, 5.74) is 1.09.